The lowest BCUT2D eigenvalue weighted by atomic mass is 10.1. The third-order valence-electron chi connectivity index (χ3n) is 3.21. The average molecular weight is 304 g/mol. The Balaban J connectivity index is 2.03. The maximum atomic E-state index is 12.0. The van der Waals surface area contributed by atoms with Gasteiger partial charge >= 0.3 is 0 Å². The summed E-state index contributed by atoms with van der Waals surface area (Å²) < 4.78 is 5.26. The van der Waals surface area contributed by atoms with Crippen molar-refractivity contribution in [3.8, 4) is 0 Å². The smallest absolute Gasteiger partial charge is 0.273 e. The van der Waals surface area contributed by atoms with Crippen molar-refractivity contribution in [1.29, 1.82) is 0 Å². The number of carbonyl (C=O) groups excluding carboxylic acids is 1. The fourth-order valence-corrected chi connectivity index (χ4v) is 1.97. The van der Waals surface area contributed by atoms with E-state index in [0.29, 0.717) is 17.1 Å². The highest BCUT2D eigenvalue weighted by molar-refractivity contribution is 5.95. The molecule has 2 aromatic rings. The highest BCUT2D eigenvalue weighted by Gasteiger charge is 2.17. The second kappa shape index (κ2) is 6.40. The normalized spacial score (nSPS) is 12.0. The Morgan fingerprint density at radius 3 is 2.68 bits per heavy atom. The van der Waals surface area contributed by atoms with Crippen LogP contribution in [0.4, 0.5) is 5.69 Å². The van der Waals surface area contributed by atoms with Crippen LogP contribution < -0.4 is 5.32 Å². The Morgan fingerprint density at radius 1 is 1.36 bits per heavy atom. The van der Waals surface area contributed by atoms with Crippen LogP contribution in [0.3, 0.4) is 0 Å². The zero-order chi connectivity index (χ0) is 16.3. The van der Waals surface area contributed by atoms with E-state index < -0.39 is 16.9 Å². The Kier molecular flexibility index (Phi) is 4.57. The van der Waals surface area contributed by atoms with Gasteiger partial charge in [-0.15, -0.1) is 0 Å². The number of aliphatic hydroxyl groups excluding tert-OH is 1. The Hall–Kier alpha value is -2.67. The molecule has 0 saturated heterocycles. The van der Waals surface area contributed by atoms with Crippen molar-refractivity contribution in [2.75, 3.05) is 6.54 Å². The van der Waals surface area contributed by atoms with E-state index in [4.69, 9.17) is 4.42 Å². The molecule has 0 aliphatic rings. The molecule has 7 heteroatoms. The second-order valence-corrected chi connectivity index (χ2v) is 4.93. The van der Waals surface area contributed by atoms with E-state index in [0.717, 1.165) is 0 Å². The van der Waals surface area contributed by atoms with Crippen molar-refractivity contribution in [3.05, 3.63) is 63.1 Å². The van der Waals surface area contributed by atoms with Crippen LogP contribution in [0, 0.1) is 24.0 Å². The van der Waals surface area contributed by atoms with Crippen molar-refractivity contribution in [2.24, 2.45) is 0 Å². The number of nitrogens with one attached hydrogen (secondary N) is 1. The summed E-state index contributed by atoms with van der Waals surface area (Å²) in [6.45, 7) is 3.30. The SMILES string of the molecule is Cc1ccc(C(O)CNC(=O)c2ccc(C)c([N+](=O)[O-])c2)o1. The van der Waals surface area contributed by atoms with Crippen molar-refractivity contribution < 1.29 is 19.2 Å². The maximum absolute atomic E-state index is 12.0. The quantitative estimate of drug-likeness (QED) is 0.651. The number of amides is 1. The molecule has 1 atom stereocenters. The van der Waals surface area contributed by atoms with Crippen LogP contribution in [0.2, 0.25) is 0 Å². The number of nitro groups is 1. The Bertz CT molecular complexity index is 708. The van der Waals surface area contributed by atoms with Crippen LogP contribution in [0.1, 0.15) is 33.5 Å². The van der Waals surface area contributed by atoms with Crippen molar-refractivity contribution >= 4 is 11.6 Å². The van der Waals surface area contributed by atoms with Crippen LogP contribution in [-0.2, 0) is 0 Å². The lowest BCUT2D eigenvalue weighted by Gasteiger charge is -2.10. The number of nitro benzene ring substituents is 1. The predicted molar refractivity (Wildman–Crippen MR) is 78.6 cm³/mol. The molecule has 1 amide bonds. The van der Waals surface area contributed by atoms with E-state index >= 15 is 0 Å². The molecule has 0 fully saturated rings. The Morgan fingerprint density at radius 2 is 2.09 bits per heavy atom. The minimum atomic E-state index is -0.974. The standard InChI is InChI=1S/C15H16N2O5/c1-9-3-5-11(7-12(9)17(20)21)15(19)16-8-13(18)14-6-4-10(2)22-14/h3-7,13,18H,8H2,1-2H3,(H,16,19). The van der Waals surface area contributed by atoms with Crippen molar-refractivity contribution in [3.63, 3.8) is 0 Å². The summed E-state index contributed by atoms with van der Waals surface area (Å²) in [6, 6.07) is 7.57. The Labute approximate surface area is 126 Å². The first-order valence-corrected chi connectivity index (χ1v) is 6.66. The monoisotopic (exact) mass is 304 g/mol. The number of furan rings is 1. The predicted octanol–water partition coefficient (Wildman–Crippen LogP) is 2.27. The topological polar surface area (TPSA) is 106 Å². The first-order chi connectivity index (χ1) is 10.4. The molecule has 2 N–H and O–H groups in total. The third kappa shape index (κ3) is 3.50. The van der Waals surface area contributed by atoms with Crippen LogP contribution in [0.15, 0.2) is 34.7 Å². The van der Waals surface area contributed by atoms with Gasteiger partial charge < -0.3 is 14.8 Å². The van der Waals surface area contributed by atoms with E-state index in [1.54, 1.807) is 26.0 Å². The van der Waals surface area contributed by atoms with Gasteiger partial charge in [0, 0.05) is 17.2 Å². The molecule has 1 aromatic carbocycles. The summed E-state index contributed by atoms with van der Waals surface area (Å²) in [5.41, 5.74) is 0.530. The number of carbonyl (C=O) groups is 1. The van der Waals surface area contributed by atoms with Gasteiger partial charge in [-0.25, -0.2) is 0 Å². The third-order valence-corrected chi connectivity index (χ3v) is 3.21. The first-order valence-electron chi connectivity index (χ1n) is 6.66. The molecule has 0 aliphatic heterocycles. The largest absolute Gasteiger partial charge is 0.464 e. The number of nitrogens with zero attached hydrogens (tertiary/aromatic N) is 1. The van der Waals surface area contributed by atoms with E-state index in [1.165, 1.54) is 18.2 Å². The molecule has 1 aromatic heterocycles. The van der Waals surface area contributed by atoms with Crippen molar-refractivity contribution in [1.82, 2.24) is 5.32 Å². The minimum absolute atomic E-state index is 0.0482. The van der Waals surface area contributed by atoms with Gasteiger partial charge in [-0.3, -0.25) is 14.9 Å². The highest BCUT2D eigenvalue weighted by atomic mass is 16.6. The van der Waals surface area contributed by atoms with Crippen LogP contribution in [-0.4, -0.2) is 22.5 Å². The summed E-state index contributed by atoms with van der Waals surface area (Å²) in [5.74, 6) is 0.521. The van der Waals surface area contributed by atoms with Crippen LogP contribution in [0.25, 0.3) is 0 Å². The van der Waals surface area contributed by atoms with Crippen molar-refractivity contribution in [2.45, 2.75) is 20.0 Å². The number of hydrogen-bond donors (Lipinski definition) is 2. The van der Waals surface area contributed by atoms with Crippen LogP contribution >= 0.6 is 0 Å². The van der Waals surface area contributed by atoms with Gasteiger partial charge in [0.15, 0.2) is 0 Å². The number of benzene rings is 1. The molecular weight excluding hydrogens is 288 g/mol. The second-order valence-electron chi connectivity index (χ2n) is 4.93. The molecule has 0 radical (unpaired) electrons. The molecule has 0 spiro atoms. The van der Waals surface area contributed by atoms with E-state index in [1.807, 2.05) is 0 Å². The minimum Gasteiger partial charge on any atom is -0.464 e. The molecule has 0 saturated carbocycles. The van der Waals surface area contributed by atoms with Gasteiger partial charge in [0.2, 0.25) is 0 Å². The fourth-order valence-electron chi connectivity index (χ4n) is 1.97. The molecule has 1 unspecified atom stereocenters. The first kappa shape index (κ1) is 15.7. The number of aryl methyl sites for hydroxylation is 2. The molecule has 0 bridgehead atoms. The summed E-state index contributed by atoms with van der Waals surface area (Å²) in [7, 11) is 0. The molecule has 7 nitrogen and oxygen atoms in total. The molecular formula is C15H16N2O5. The molecule has 116 valence electrons. The van der Waals surface area contributed by atoms with Gasteiger partial charge in [0.25, 0.3) is 11.6 Å². The number of aliphatic hydroxyl groups is 1. The molecule has 2 rings (SSSR count). The zero-order valence-corrected chi connectivity index (χ0v) is 12.2. The zero-order valence-electron chi connectivity index (χ0n) is 12.2. The lowest BCUT2D eigenvalue weighted by molar-refractivity contribution is -0.385. The number of hydrogen-bond acceptors (Lipinski definition) is 5. The summed E-state index contributed by atoms with van der Waals surface area (Å²) in [5, 5.41) is 23.3. The number of rotatable bonds is 5. The van der Waals surface area contributed by atoms with Gasteiger partial charge in [0.05, 0.1) is 11.5 Å². The summed E-state index contributed by atoms with van der Waals surface area (Å²) in [6.07, 6.45) is -0.974. The van der Waals surface area contributed by atoms with Gasteiger partial charge in [0.1, 0.15) is 17.6 Å². The molecule has 22 heavy (non-hydrogen) atoms. The average Bonchev–Trinajstić information content (AvgIpc) is 2.91. The van der Waals surface area contributed by atoms with E-state index in [9.17, 15) is 20.0 Å². The van der Waals surface area contributed by atoms with Gasteiger partial charge in [-0.1, -0.05) is 6.07 Å². The fraction of sp³-hybridized carbons (Fsp3) is 0.267. The maximum Gasteiger partial charge on any atom is 0.273 e. The van der Waals surface area contributed by atoms with Gasteiger partial charge in [-0.05, 0) is 32.0 Å². The van der Waals surface area contributed by atoms with E-state index in [-0.39, 0.29) is 17.8 Å². The summed E-state index contributed by atoms with van der Waals surface area (Å²) >= 11 is 0. The van der Waals surface area contributed by atoms with E-state index in [2.05, 4.69) is 5.32 Å². The summed E-state index contributed by atoms with van der Waals surface area (Å²) in [4.78, 5) is 22.3. The molecule has 1 heterocycles. The highest BCUT2D eigenvalue weighted by Crippen LogP contribution is 2.19. The van der Waals surface area contributed by atoms with Gasteiger partial charge in [-0.2, -0.15) is 0 Å². The van der Waals surface area contributed by atoms with Crippen LogP contribution in [0.5, 0.6) is 0 Å². The lowest BCUT2D eigenvalue weighted by Crippen LogP contribution is -2.28. The molecule has 0 aliphatic carbocycles.